The lowest BCUT2D eigenvalue weighted by Gasteiger charge is -2.27. The summed E-state index contributed by atoms with van der Waals surface area (Å²) in [7, 11) is 0. The standard InChI is InChI=1S/C17H19F2N3O2/c18-17(19)15-11-14(22(23)24)7-8-16(15)21(10-4-9-20)12-13-5-2-1-3-6-13/h1-3,5-8,11,17H,4,9-10,12,20H2. The number of hydrogen-bond acceptors (Lipinski definition) is 4. The first-order chi connectivity index (χ1) is 11.5. The number of nitro benzene ring substituents is 1. The highest BCUT2D eigenvalue weighted by atomic mass is 19.3. The quantitative estimate of drug-likeness (QED) is 0.587. The minimum Gasteiger partial charge on any atom is -0.367 e. The predicted molar refractivity (Wildman–Crippen MR) is 89.2 cm³/mol. The molecular formula is C17H19F2N3O2. The molecule has 0 fully saturated rings. The van der Waals surface area contributed by atoms with Gasteiger partial charge in [0, 0.05) is 36.5 Å². The third kappa shape index (κ3) is 4.48. The highest BCUT2D eigenvalue weighted by Crippen LogP contribution is 2.34. The molecule has 2 aromatic rings. The minimum absolute atomic E-state index is 0.299. The second-order valence-corrected chi connectivity index (χ2v) is 5.35. The van der Waals surface area contributed by atoms with Crippen molar-refractivity contribution in [2.75, 3.05) is 18.0 Å². The number of halogens is 2. The Morgan fingerprint density at radius 2 is 1.88 bits per heavy atom. The van der Waals surface area contributed by atoms with Crippen LogP contribution in [-0.4, -0.2) is 18.0 Å². The van der Waals surface area contributed by atoms with E-state index in [1.54, 1.807) is 4.90 Å². The van der Waals surface area contributed by atoms with Crippen molar-refractivity contribution >= 4 is 11.4 Å². The van der Waals surface area contributed by atoms with E-state index in [0.717, 1.165) is 11.6 Å². The average Bonchev–Trinajstić information content (AvgIpc) is 2.58. The summed E-state index contributed by atoms with van der Waals surface area (Å²) in [5.74, 6) is 0. The van der Waals surface area contributed by atoms with E-state index in [0.29, 0.717) is 31.7 Å². The van der Waals surface area contributed by atoms with Gasteiger partial charge in [0.25, 0.3) is 12.1 Å². The zero-order chi connectivity index (χ0) is 17.5. The summed E-state index contributed by atoms with van der Waals surface area (Å²) in [6.45, 7) is 1.35. The first-order valence-electron chi connectivity index (χ1n) is 7.58. The van der Waals surface area contributed by atoms with Gasteiger partial charge in [0.1, 0.15) is 0 Å². The van der Waals surface area contributed by atoms with Gasteiger partial charge in [-0.3, -0.25) is 10.1 Å². The van der Waals surface area contributed by atoms with Crippen LogP contribution in [0.1, 0.15) is 24.0 Å². The predicted octanol–water partition coefficient (Wildman–Crippen LogP) is 3.89. The lowest BCUT2D eigenvalue weighted by molar-refractivity contribution is -0.385. The van der Waals surface area contributed by atoms with Crippen LogP contribution in [0.4, 0.5) is 20.2 Å². The first-order valence-corrected chi connectivity index (χ1v) is 7.58. The van der Waals surface area contributed by atoms with Crippen LogP contribution in [0.3, 0.4) is 0 Å². The molecule has 128 valence electrons. The van der Waals surface area contributed by atoms with E-state index in [2.05, 4.69) is 0 Å². The Morgan fingerprint density at radius 3 is 2.46 bits per heavy atom. The number of nitro groups is 1. The molecule has 0 radical (unpaired) electrons. The van der Waals surface area contributed by atoms with Crippen molar-refractivity contribution in [3.8, 4) is 0 Å². The van der Waals surface area contributed by atoms with Crippen LogP contribution in [0.5, 0.6) is 0 Å². The maximum Gasteiger partial charge on any atom is 0.270 e. The van der Waals surface area contributed by atoms with Crippen LogP contribution < -0.4 is 10.6 Å². The second kappa shape index (κ2) is 8.35. The lowest BCUT2D eigenvalue weighted by atomic mass is 10.1. The SMILES string of the molecule is NCCCN(Cc1ccccc1)c1ccc([N+](=O)[O-])cc1C(F)F. The molecule has 0 aliphatic rings. The van der Waals surface area contributed by atoms with E-state index in [1.807, 2.05) is 30.3 Å². The minimum atomic E-state index is -2.80. The second-order valence-electron chi connectivity index (χ2n) is 5.35. The molecule has 0 saturated heterocycles. The number of nitrogens with zero attached hydrogens (tertiary/aromatic N) is 2. The third-order valence-corrected chi connectivity index (χ3v) is 3.65. The van der Waals surface area contributed by atoms with Crippen molar-refractivity contribution in [1.82, 2.24) is 0 Å². The summed E-state index contributed by atoms with van der Waals surface area (Å²) in [5, 5.41) is 10.9. The monoisotopic (exact) mass is 335 g/mol. The van der Waals surface area contributed by atoms with Gasteiger partial charge in [-0.1, -0.05) is 30.3 Å². The Kier molecular flexibility index (Phi) is 6.20. The number of rotatable bonds is 8. The fraction of sp³-hybridized carbons (Fsp3) is 0.294. The van der Waals surface area contributed by atoms with Gasteiger partial charge < -0.3 is 10.6 Å². The molecule has 0 unspecified atom stereocenters. The van der Waals surface area contributed by atoms with Crippen LogP contribution in [0, 0.1) is 10.1 Å². The summed E-state index contributed by atoms with van der Waals surface area (Å²) < 4.78 is 26.8. The number of benzene rings is 2. The molecule has 0 saturated carbocycles. The Labute approximate surface area is 138 Å². The topological polar surface area (TPSA) is 72.4 Å². The zero-order valence-electron chi connectivity index (χ0n) is 13.1. The normalized spacial score (nSPS) is 10.8. The van der Waals surface area contributed by atoms with Crippen molar-refractivity contribution in [2.45, 2.75) is 19.4 Å². The first kappa shape index (κ1) is 17.8. The molecule has 0 aromatic heterocycles. The number of alkyl halides is 2. The smallest absolute Gasteiger partial charge is 0.270 e. The number of non-ortho nitro benzene ring substituents is 1. The van der Waals surface area contributed by atoms with Gasteiger partial charge in [0.05, 0.1) is 4.92 Å². The Balaban J connectivity index is 2.38. The van der Waals surface area contributed by atoms with Gasteiger partial charge in [-0.15, -0.1) is 0 Å². The summed E-state index contributed by atoms with van der Waals surface area (Å²) in [6.07, 6.45) is -2.16. The molecule has 0 bridgehead atoms. The molecule has 2 aromatic carbocycles. The largest absolute Gasteiger partial charge is 0.367 e. The number of hydrogen-bond donors (Lipinski definition) is 1. The van der Waals surface area contributed by atoms with Crippen molar-refractivity contribution in [2.24, 2.45) is 5.73 Å². The maximum atomic E-state index is 13.4. The van der Waals surface area contributed by atoms with Gasteiger partial charge in [-0.25, -0.2) is 8.78 Å². The highest BCUT2D eigenvalue weighted by Gasteiger charge is 2.21. The van der Waals surface area contributed by atoms with Gasteiger partial charge in [-0.05, 0) is 24.6 Å². The Morgan fingerprint density at radius 1 is 1.17 bits per heavy atom. The molecular weight excluding hydrogens is 316 g/mol. The van der Waals surface area contributed by atoms with Crippen molar-refractivity contribution in [3.05, 3.63) is 69.8 Å². The van der Waals surface area contributed by atoms with E-state index in [9.17, 15) is 18.9 Å². The highest BCUT2D eigenvalue weighted by molar-refractivity contribution is 5.58. The molecule has 7 heteroatoms. The van der Waals surface area contributed by atoms with Crippen LogP contribution in [0.25, 0.3) is 0 Å². The number of anilines is 1. The van der Waals surface area contributed by atoms with E-state index in [-0.39, 0.29) is 11.3 Å². The van der Waals surface area contributed by atoms with Crippen LogP contribution in [0.15, 0.2) is 48.5 Å². The Bertz CT molecular complexity index is 681. The Hall–Kier alpha value is -2.54. The van der Waals surface area contributed by atoms with Crippen molar-refractivity contribution in [3.63, 3.8) is 0 Å². The van der Waals surface area contributed by atoms with E-state index >= 15 is 0 Å². The van der Waals surface area contributed by atoms with Gasteiger partial charge >= 0.3 is 0 Å². The molecule has 2 N–H and O–H groups in total. The summed E-state index contributed by atoms with van der Waals surface area (Å²) in [4.78, 5) is 12.0. The number of nitrogens with two attached hydrogens (primary N) is 1. The molecule has 0 atom stereocenters. The van der Waals surface area contributed by atoms with Crippen molar-refractivity contribution < 1.29 is 13.7 Å². The molecule has 0 heterocycles. The zero-order valence-corrected chi connectivity index (χ0v) is 13.1. The molecule has 2 rings (SSSR count). The summed E-state index contributed by atoms with van der Waals surface area (Å²) in [6, 6.07) is 13.0. The van der Waals surface area contributed by atoms with Crippen LogP contribution in [0.2, 0.25) is 0 Å². The van der Waals surface area contributed by atoms with Crippen LogP contribution >= 0.6 is 0 Å². The fourth-order valence-corrected chi connectivity index (χ4v) is 2.49. The summed E-state index contributed by atoms with van der Waals surface area (Å²) in [5.41, 5.74) is 6.13. The molecule has 5 nitrogen and oxygen atoms in total. The van der Waals surface area contributed by atoms with E-state index in [1.165, 1.54) is 12.1 Å². The van der Waals surface area contributed by atoms with Gasteiger partial charge in [-0.2, -0.15) is 0 Å². The maximum absolute atomic E-state index is 13.4. The van der Waals surface area contributed by atoms with Crippen molar-refractivity contribution in [1.29, 1.82) is 0 Å². The molecule has 0 amide bonds. The molecule has 0 aliphatic carbocycles. The fourth-order valence-electron chi connectivity index (χ4n) is 2.49. The average molecular weight is 335 g/mol. The molecule has 0 aliphatic heterocycles. The van der Waals surface area contributed by atoms with Gasteiger partial charge in [0.2, 0.25) is 0 Å². The third-order valence-electron chi connectivity index (χ3n) is 3.65. The van der Waals surface area contributed by atoms with Crippen LogP contribution in [-0.2, 0) is 6.54 Å². The van der Waals surface area contributed by atoms with E-state index < -0.39 is 11.3 Å². The molecule has 24 heavy (non-hydrogen) atoms. The molecule has 0 spiro atoms. The van der Waals surface area contributed by atoms with E-state index in [4.69, 9.17) is 5.73 Å². The lowest BCUT2D eigenvalue weighted by Crippen LogP contribution is -2.26. The summed E-state index contributed by atoms with van der Waals surface area (Å²) >= 11 is 0. The van der Waals surface area contributed by atoms with Gasteiger partial charge in [0.15, 0.2) is 0 Å².